The number of amides is 1. The lowest BCUT2D eigenvalue weighted by Crippen LogP contribution is -2.55. The lowest BCUT2D eigenvalue weighted by molar-refractivity contribution is -0.125. The van der Waals surface area contributed by atoms with Gasteiger partial charge >= 0.3 is 0 Å². The number of nitrogens with zero attached hydrogens (tertiary/aromatic N) is 5. The van der Waals surface area contributed by atoms with E-state index in [2.05, 4.69) is 51.8 Å². The molecular weight excluding hydrogens is 442 g/mol. The van der Waals surface area contributed by atoms with Crippen molar-refractivity contribution in [2.75, 3.05) is 36.4 Å². The number of hydrogen-bond donors (Lipinski definition) is 4. The molecule has 4 N–H and O–H groups in total. The van der Waals surface area contributed by atoms with Gasteiger partial charge in [-0.2, -0.15) is 10.1 Å². The molecule has 0 unspecified atom stereocenters. The Kier molecular flexibility index (Phi) is 6.16. The average molecular weight is 480 g/mol. The van der Waals surface area contributed by atoms with Gasteiger partial charge in [-0.3, -0.25) is 9.89 Å². The van der Waals surface area contributed by atoms with Crippen molar-refractivity contribution >= 4 is 29.0 Å². The lowest BCUT2D eigenvalue weighted by atomic mass is 9.92. The summed E-state index contributed by atoms with van der Waals surface area (Å²) in [6, 6.07) is 5.92. The molecule has 3 aromatic heterocycles. The van der Waals surface area contributed by atoms with Crippen LogP contribution in [0.4, 0.5) is 17.6 Å². The van der Waals surface area contributed by atoms with Crippen molar-refractivity contribution in [1.82, 2.24) is 35.4 Å². The van der Waals surface area contributed by atoms with Gasteiger partial charge in [-0.25, -0.2) is 4.52 Å². The fourth-order valence-electron chi connectivity index (χ4n) is 5.07. The molecule has 0 aromatic carbocycles. The molecule has 0 saturated carbocycles. The highest BCUT2D eigenvalue weighted by Gasteiger charge is 2.45. The molecule has 5 heterocycles. The van der Waals surface area contributed by atoms with Crippen molar-refractivity contribution < 1.29 is 4.79 Å². The molecule has 0 bridgehead atoms. The number of anilines is 3. The second kappa shape index (κ2) is 9.14. The molecule has 35 heavy (non-hydrogen) atoms. The molecule has 0 radical (unpaired) electrons. The summed E-state index contributed by atoms with van der Waals surface area (Å²) in [6.07, 6.45) is 5.91. The molecule has 2 fully saturated rings. The molecular formula is C25H37N9O. The molecule has 188 valence electrons. The van der Waals surface area contributed by atoms with Gasteiger partial charge in [0.05, 0.1) is 0 Å². The summed E-state index contributed by atoms with van der Waals surface area (Å²) >= 11 is 0. The van der Waals surface area contributed by atoms with E-state index < -0.39 is 5.54 Å². The Hall–Kier alpha value is -3.14. The minimum Gasteiger partial charge on any atom is -0.354 e. The largest absolute Gasteiger partial charge is 0.354 e. The molecule has 3 aromatic rings. The second-order valence-corrected chi connectivity index (χ2v) is 11.1. The molecule has 2 saturated heterocycles. The summed E-state index contributed by atoms with van der Waals surface area (Å²) in [4.78, 5) is 20.4. The Balaban J connectivity index is 1.39. The zero-order valence-electron chi connectivity index (χ0n) is 21.2. The summed E-state index contributed by atoms with van der Waals surface area (Å²) in [5.74, 6) is 2.44. The van der Waals surface area contributed by atoms with Gasteiger partial charge in [0.15, 0.2) is 11.6 Å². The van der Waals surface area contributed by atoms with Gasteiger partial charge in [-0.1, -0.05) is 20.8 Å². The summed E-state index contributed by atoms with van der Waals surface area (Å²) in [5.41, 5.74) is 1.17. The molecule has 2 atom stereocenters. The summed E-state index contributed by atoms with van der Waals surface area (Å²) < 4.78 is 1.81. The summed E-state index contributed by atoms with van der Waals surface area (Å²) in [7, 11) is 0. The van der Waals surface area contributed by atoms with Crippen molar-refractivity contribution in [3.05, 3.63) is 30.1 Å². The monoisotopic (exact) mass is 479 g/mol. The van der Waals surface area contributed by atoms with Gasteiger partial charge in [-0.05, 0) is 63.7 Å². The van der Waals surface area contributed by atoms with Crippen LogP contribution in [0.3, 0.4) is 0 Å². The first kappa shape index (κ1) is 23.6. The Morgan fingerprint density at radius 1 is 1.31 bits per heavy atom. The van der Waals surface area contributed by atoms with Crippen molar-refractivity contribution in [1.29, 1.82) is 0 Å². The van der Waals surface area contributed by atoms with Crippen molar-refractivity contribution in [3.8, 4) is 0 Å². The van der Waals surface area contributed by atoms with Crippen LogP contribution in [-0.4, -0.2) is 62.4 Å². The molecule has 2 aliphatic rings. The topological polar surface area (TPSA) is 115 Å². The third-order valence-electron chi connectivity index (χ3n) is 7.33. The molecule has 5 rings (SSSR count). The first-order valence-corrected chi connectivity index (χ1v) is 12.7. The van der Waals surface area contributed by atoms with E-state index in [0.717, 1.165) is 56.5 Å². The second-order valence-electron chi connectivity index (χ2n) is 11.1. The first-order chi connectivity index (χ1) is 16.7. The molecule has 10 nitrogen and oxygen atoms in total. The fourth-order valence-corrected chi connectivity index (χ4v) is 5.07. The number of rotatable bonds is 6. The Bertz CT molecular complexity index is 1190. The van der Waals surface area contributed by atoms with Crippen LogP contribution in [0.5, 0.6) is 0 Å². The predicted molar refractivity (Wildman–Crippen MR) is 137 cm³/mol. The van der Waals surface area contributed by atoms with Gasteiger partial charge in [-0.15, -0.1) is 5.10 Å². The van der Waals surface area contributed by atoms with Crippen LogP contribution >= 0.6 is 0 Å². The van der Waals surface area contributed by atoms with Crippen LogP contribution in [0.2, 0.25) is 0 Å². The maximum Gasteiger partial charge on any atom is 0.246 e. The van der Waals surface area contributed by atoms with Gasteiger partial charge in [0.1, 0.15) is 11.1 Å². The third kappa shape index (κ3) is 4.71. The Morgan fingerprint density at radius 2 is 2.17 bits per heavy atom. The highest BCUT2D eigenvalue weighted by molar-refractivity contribution is 5.90. The van der Waals surface area contributed by atoms with E-state index in [1.165, 1.54) is 0 Å². The van der Waals surface area contributed by atoms with E-state index in [4.69, 9.17) is 10.1 Å². The van der Waals surface area contributed by atoms with Crippen LogP contribution in [0, 0.1) is 5.92 Å². The van der Waals surface area contributed by atoms with E-state index in [1.54, 1.807) is 0 Å². The number of fused-ring (bicyclic) bond motifs is 1. The zero-order valence-corrected chi connectivity index (χ0v) is 21.2. The Morgan fingerprint density at radius 3 is 2.91 bits per heavy atom. The normalized spacial score (nSPS) is 23.1. The van der Waals surface area contributed by atoms with Crippen molar-refractivity contribution in [2.45, 2.75) is 64.3 Å². The first-order valence-electron chi connectivity index (χ1n) is 12.7. The number of nitrogens with one attached hydrogen (secondary N) is 4. The minimum atomic E-state index is -0.689. The number of aromatic amines is 1. The third-order valence-corrected chi connectivity index (χ3v) is 7.33. The SMILES string of the molecule is CC(C)(C)c1cc(Nc2nc(N3CCC[C@@]3(C)C(=O)NC[C@@H]3CCCNC3)nn3cccc23)n[nH]1. The highest BCUT2D eigenvalue weighted by atomic mass is 16.2. The lowest BCUT2D eigenvalue weighted by Gasteiger charge is -2.34. The van der Waals surface area contributed by atoms with Crippen molar-refractivity contribution in [3.63, 3.8) is 0 Å². The number of H-pyrrole nitrogens is 1. The van der Waals surface area contributed by atoms with Crippen LogP contribution in [0.25, 0.3) is 5.52 Å². The van der Waals surface area contributed by atoms with E-state index in [-0.39, 0.29) is 11.3 Å². The maximum atomic E-state index is 13.4. The standard InChI is InChI=1S/C25H37N9O/c1-24(2,3)19-14-20(31-30-19)28-21-18-9-6-13-34(18)32-23(29-21)33-12-7-10-25(33,4)22(35)27-16-17-8-5-11-26-15-17/h6,9,13-14,17,26H,5,7-8,10-12,15-16H2,1-4H3,(H,27,35)(H2,28,29,30,31,32)/t17-,25+/m1/s1. The van der Waals surface area contributed by atoms with Crippen LogP contribution in [-0.2, 0) is 10.2 Å². The Labute approximate surface area is 206 Å². The molecule has 0 spiro atoms. The number of carbonyl (C=O) groups is 1. The fraction of sp³-hybridized carbons (Fsp3) is 0.600. The van der Waals surface area contributed by atoms with Gasteiger partial charge in [0.25, 0.3) is 0 Å². The molecule has 1 amide bonds. The van der Waals surface area contributed by atoms with E-state index in [1.807, 2.05) is 35.8 Å². The molecule has 2 aliphatic heterocycles. The molecule has 0 aliphatic carbocycles. The van der Waals surface area contributed by atoms with Crippen LogP contribution in [0.1, 0.15) is 59.1 Å². The highest BCUT2D eigenvalue weighted by Crippen LogP contribution is 2.34. The number of aromatic nitrogens is 5. The summed E-state index contributed by atoms with van der Waals surface area (Å²) in [5, 5.41) is 22.3. The zero-order chi connectivity index (χ0) is 24.6. The quantitative estimate of drug-likeness (QED) is 0.430. The smallest absolute Gasteiger partial charge is 0.246 e. The number of hydrogen-bond acceptors (Lipinski definition) is 7. The molecule has 10 heteroatoms. The van der Waals surface area contributed by atoms with E-state index in [9.17, 15) is 4.79 Å². The van der Waals surface area contributed by atoms with E-state index >= 15 is 0 Å². The van der Waals surface area contributed by atoms with Crippen molar-refractivity contribution in [2.24, 2.45) is 5.92 Å². The summed E-state index contributed by atoms with van der Waals surface area (Å²) in [6.45, 7) is 11.9. The predicted octanol–water partition coefficient (Wildman–Crippen LogP) is 2.97. The van der Waals surface area contributed by atoms with Gasteiger partial charge < -0.3 is 20.9 Å². The number of carbonyl (C=O) groups excluding carboxylic acids is 1. The van der Waals surface area contributed by atoms with Crippen LogP contribution < -0.4 is 20.9 Å². The van der Waals surface area contributed by atoms with E-state index in [0.29, 0.717) is 30.0 Å². The minimum absolute atomic E-state index is 0.0352. The average Bonchev–Trinajstić information content (AvgIpc) is 3.58. The van der Waals surface area contributed by atoms with Gasteiger partial charge in [0.2, 0.25) is 11.9 Å². The number of piperidine rings is 1. The van der Waals surface area contributed by atoms with Crippen LogP contribution in [0.15, 0.2) is 24.4 Å². The van der Waals surface area contributed by atoms with Gasteiger partial charge in [0, 0.05) is 36.5 Å². The maximum absolute atomic E-state index is 13.4.